The Balaban J connectivity index is 1.88. The highest BCUT2D eigenvalue weighted by atomic mass is 32.2. The number of rotatable bonds is 4. The summed E-state index contributed by atoms with van der Waals surface area (Å²) in [6, 6.07) is -0.178. The minimum atomic E-state index is -3.33. The summed E-state index contributed by atoms with van der Waals surface area (Å²) in [5, 5.41) is 6.73. The molecule has 0 saturated carbocycles. The fourth-order valence-corrected chi connectivity index (χ4v) is 3.49. The first kappa shape index (κ1) is 15.2. The molecular weight excluding hydrogens is 306 g/mol. The molecule has 22 heavy (non-hydrogen) atoms. The van der Waals surface area contributed by atoms with Crippen LogP contribution in [0.25, 0.3) is 0 Å². The van der Waals surface area contributed by atoms with Gasteiger partial charge >= 0.3 is 0 Å². The molecule has 1 saturated heterocycles. The van der Waals surface area contributed by atoms with E-state index in [2.05, 4.69) is 20.1 Å². The molecule has 0 amide bonds. The zero-order valence-electron chi connectivity index (χ0n) is 12.6. The zero-order chi connectivity index (χ0) is 15.7. The van der Waals surface area contributed by atoms with E-state index in [1.54, 1.807) is 6.33 Å². The third-order valence-electron chi connectivity index (χ3n) is 3.73. The quantitative estimate of drug-likeness (QED) is 0.858. The van der Waals surface area contributed by atoms with Gasteiger partial charge in [0.15, 0.2) is 9.84 Å². The Bertz CT molecular complexity index is 751. The van der Waals surface area contributed by atoms with Crippen molar-refractivity contribution in [2.75, 3.05) is 26.0 Å². The minimum Gasteiger partial charge on any atom is -0.378 e. The summed E-state index contributed by atoms with van der Waals surface area (Å²) in [5.41, 5.74) is 1.52. The molecule has 3 heterocycles. The summed E-state index contributed by atoms with van der Waals surface area (Å²) >= 11 is 0. The summed E-state index contributed by atoms with van der Waals surface area (Å²) in [6.45, 7) is 2.39. The Kier molecular flexibility index (Phi) is 4.02. The number of ether oxygens (including phenoxy) is 1. The van der Waals surface area contributed by atoms with E-state index in [-0.39, 0.29) is 10.9 Å². The molecule has 0 unspecified atom stereocenters. The number of imidazole rings is 1. The van der Waals surface area contributed by atoms with Crippen LogP contribution in [0.15, 0.2) is 23.6 Å². The van der Waals surface area contributed by atoms with Gasteiger partial charge in [0.1, 0.15) is 4.90 Å². The number of nitrogens with one attached hydrogen (secondary N) is 1. The van der Waals surface area contributed by atoms with Crippen LogP contribution in [-0.2, 0) is 28.2 Å². The molecule has 1 atom stereocenters. The molecule has 3 rings (SSSR count). The SMILES string of the molecule is Cn1cnc(CN2CCOC[C@H]2c2[nH]ncc2S(C)(=O)=O)c1. The molecule has 9 heteroatoms. The van der Waals surface area contributed by atoms with Crippen molar-refractivity contribution in [3.05, 3.63) is 30.1 Å². The van der Waals surface area contributed by atoms with Crippen molar-refractivity contribution < 1.29 is 13.2 Å². The van der Waals surface area contributed by atoms with Gasteiger partial charge in [0.2, 0.25) is 0 Å². The Morgan fingerprint density at radius 3 is 3.00 bits per heavy atom. The molecule has 2 aromatic heterocycles. The second kappa shape index (κ2) is 5.82. The van der Waals surface area contributed by atoms with E-state index >= 15 is 0 Å². The number of H-pyrrole nitrogens is 1. The molecule has 8 nitrogen and oxygen atoms in total. The molecular formula is C13H19N5O3S. The maximum absolute atomic E-state index is 11.9. The highest BCUT2D eigenvalue weighted by Gasteiger charge is 2.31. The van der Waals surface area contributed by atoms with Crippen LogP contribution < -0.4 is 0 Å². The Morgan fingerprint density at radius 2 is 2.32 bits per heavy atom. The average Bonchev–Trinajstić information content (AvgIpc) is 3.08. The molecule has 1 aliphatic rings. The third kappa shape index (κ3) is 3.06. The summed E-state index contributed by atoms with van der Waals surface area (Å²) < 4.78 is 31.2. The molecule has 0 radical (unpaired) electrons. The van der Waals surface area contributed by atoms with Crippen molar-refractivity contribution in [3.8, 4) is 0 Å². The number of nitrogens with zero attached hydrogens (tertiary/aromatic N) is 4. The van der Waals surface area contributed by atoms with E-state index in [4.69, 9.17) is 4.74 Å². The highest BCUT2D eigenvalue weighted by Crippen LogP contribution is 2.28. The minimum absolute atomic E-state index is 0.178. The number of sulfone groups is 1. The van der Waals surface area contributed by atoms with E-state index in [0.717, 1.165) is 5.69 Å². The second-order valence-corrected chi connectivity index (χ2v) is 7.50. The van der Waals surface area contributed by atoms with Crippen LogP contribution in [0.3, 0.4) is 0 Å². The molecule has 120 valence electrons. The number of hydrogen-bond donors (Lipinski definition) is 1. The van der Waals surface area contributed by atoms with Gasteiger partial charge in [-0.15, -0.1) is 0 Å². The summed E-state index contributed by atoms with van der Waals surface area (Å²) in [6.07, 6.45) is 6.26. The average molecular weight is 325 g/mol. The standard InChI is InChI=1S/C13H19N5O3S/c1-17-6-10(14-9-17)7-18-3-4-21-8-11(18)13-12(5-15-16-13)22(2,19)20/h5-6,9,11H,3-4,7-8H2,1-2H3,(H,15,16)/t11-/m0/s1. The first-order valence-corrected chi connectivity index (χ1v) is 8.86. The maximum Gasteiger partial charge on any atom is 0.178 e. The lowest BCUT2D eigenvalue weighted by atomic mass is 10.1. The van der Waals surface area contributed by atoms with Crippen molar-refractivity contribution >= 4 is 9.84 Å². The highest BCUT2D eigenvalue weighted by molar-refractivity contribution is 7.90. The van der Waals surface area contributed by atoms with E-state index in [9.17, 15) is 8.42 Å². The van der Waals surface area contributed by atoms with Gasteiger partial charge in [-0.3, -0.25) is 10.00 Å². The smallest absolute Gasteiger partial charge is 0.178 e. The molecule has 0 bridgehead atoms. The van der Waals surface area contributed by atoms with Gasteiger partial charge in [-0.1, -0.05) is 0 Å². The molecule has 1 aliphatic heterocycles. The van der Waals surface area contributed by atoms with Gasteiger partial charge in [-0.05, 0) is 0 Å². The molecule has 2 aromatic rings. The van der Waals surface area contributed by atoms with Crippen LogP contribution in [0.1, 0.15) is 17.4 Å². The van der Waals surface area contributed by atoms with Crippen LogP contribution in [0.5, 0.6) is 0 Å². The number of hydrogen-bond acceptors (Lipinski definition) is 6. The first-order chi connectivity index (χ1) is 10.4. The van der Waals surface area contributed by atoms with Crippen molar-refractivity contribution in [1.29, 1.82) is 0 Å². The Morgan fingerprint density at radius 1 is 1.50 bits per heavy atom. The van der Waals surface area contributed by atoms with E-state index in [1.807, 2.05) is 17.8 Å². The fraction of sp³-hybridized carbons (Fsp3) is 0.538. The van der Waals surface area contributed by atoms with Gasteiger partial charge < -0.3 is 9.30 Å². The number of aromatic amines is 1. The molecule has 0 aromatic carbocycles. The maximum atomic E-state index is 11.9. The topological polar surface area (TPSA) is 93.1 Å². The monoisotopic (exact) mass is 325 g/mol. The van der Waals surface area contributed by atoms with Gasteiger partial charge in [-0.2, -0.15) is 5.10 Å². The number of morpholine rings is 1. The van der Waals surface area contributed by atoms with Gasteiger partial charge in [0, 0.05) is 32.6 Å². The predicted molar refractivity (Wildman–Crippen MR) is 78.9 cm³/mol. The predicted octanol–water partition coefficient (Wildman–Crippen LogP) is 0.120. The summed E-state index contributed by atoms with van der Waals surface area (Å²) in [7, 11) is -1.41. The third-order valence-corrected chi connectivity index (χ3v) is 4.85. The molecule has 1 fully saturated rings. The molecule has 0 spiro atoms. The fourth-order valence-electron chi connectivity index (χ4n) is 2.67. The largest absolute Gasteiger partial charge is 0.378 e. The van der Waals surface area contributed by atoms with E-state index in [1.165, 1.54) is 12.5 Å². The van der Waals surface area contributed by atoms with Crippen molar-refractivity contribution in [3.63, 3.8) is 0 Å². The Hall–Kier alpha value is -1.71. The van der Waals surface area contributed by atoms with Gasteiger partial charge in [0.25, 0.3) is 0 Å². The van der Waals surface area contributed by atoms with Crippen LogP contribution in [0, 0.1) is 0 Å². The normalized spacial score (nSPS) is 20.4. The first-order valence-electron chi connectivity index (χ1n) is 6.97. The van der Waals surface area contributed by atoms with Crippen LogP contribution >= 0.6 is 0 Å². The van der Waals surface area contributed by atoms with Crippen LogP contribution in [-0.4, -0.2) is 59.1 Å². The van der Waals surface area contributed by atoms with E-state index < -0.39 is 9.84 Å². The molecule has 0 aliphatic carbocycles. The van der Waals surface area contributed by atoms with Crippen LogP contribution in [0.4, 0.5) is 0 Å². The van der Waals surface area contributed by atoms with Crippen molar-refractivity contribution in [2.45, 2.75) is 17.5 Å². The lowest BCUT2D eigenvalue weighted by Crippen LogP contribution is -2.39. The summed E-state index contributed by atoms with van der Waals surface area (Å²) in [5.74, 6) is 0. The van der Waals surface area contributed by atoms with Crippen molar-refractivity contribution in [1.82, 2.24) is 24.6 Å². The number of aromatic nitrogens is 4. The lowest BCUT2D eigenvalue weighted by Gasteiger charge is -2.34. The summed E-state index contributed by atoms with van der Waals surface area (Å²) in [4.78, 5) is 6.72. The lowest BCUT2D eigenvalue weighted by molar-refractivity contribution is -0.0157. The zero-order valence-corrected chi connectivity index (χ0v) is 13.4. The van der Waals surface area contributed by atoms with Crippen LogP contribution in [0.2, 0.25) is 0 Å². The Labute approximate surface area is 129 Å². The van der Waals surface area contributed by atoms with Gasteiger partial charge in [0.05, 0.1) is 43.2 Å². The van der Waals surface area contributed by atoms with Gasteiger partial charge in [-0.25, -0.2) is 13.4 Å². The van der Waals surface area contributed by atoms with E-state index in [0.29, 0.717) is 32.0 Å². The molecule has 1 N–H and O–H groups in total. The van der Waals surface area contributed by atoms with Crippen molar-refractivity contribution in [2.24, 2.45) is 7.05 Å². The number of aryl methyl sites for hydroxylation is 1. The second-order valence-electron chi connectivity index (χ2n) is 5.51.